The van der Waals surface area contributed by atoms with E-state index in [0.29, 0.717) is 0 Å². The molecule has 0 aromatic heterocycles. The number of hydrogen-bond donors (Lipinski definition) is 1. The lowest BCUT2D eigenvalue weighted by atomic mass is 10.1. The largest absolute Gasteiger partial charge is 0.491 e. The van der Waals surface area contributed by atoms with Gasteiger partial charge in [0.2, 0.25) is 0 Å². The van der Waals surface area contributed by atoms with Crippen molar-refractivity contribution < 1.29 is 4.74 Å². The van der Waals surface area contributed by atoms with Gasteiger partial charge in [0, 0.05) is 18.3 Å². The first-order valence-electron chi connectivity index (χ1n) is 7.12. The standard InChI is InChI=1S/C16H27NO/c1-5-14(4)18-16-10-6-9-15(12-16)17-11-7-8-13(2)3/h6,9-10,12-14,17H,5,7-8,11H2,1-4H3. The Bertz CT molecular complexity index is 336. The summed E-state index contributed by atoms with van der Waals surface area (Å²) in [6.07, 6.45) is 3.80. The van der Waals surface area contributed by atoms with Crippen LogP contribution in [0, 0.1) is 5.92 Å². The van der Waals surface area contributed by atoms with E-state index in [9.17, 15) is 0 Å². The van der Waals surface area contributed by atoms with Gasteiger partial charge in [0.05, 0.1) is 6.10 Å². The Labute approximate surface area is 112 Å². The van der Waals surface area contributed by atoms with Crippen molar-refractivity contribution in [3.63, 3.8) is 0 Å². The molecule has 0 aliphatic carbocycles. The second-order valence-corrected chi connectivity index (χ2v) is 5.33. The second-order valence-electron chi connectivity index (χ2n) is 5.33. The van der Waals surface area contributed by atoms with E-state index in [4.69, 9.17) is 4.74 Å². The molecular weight excluding hydrogens is 222 g/mol. The molecule has 0 heterocycles. The Balaban J connectivity index is 2.39. The molecule has 0 saturated carbocycles. The topological polar surface area (TPSA) is 21.3 Å². The van der Waals surface area contributed by atoms with Crippen LogP contribution in [0.5, 0.6) is 5.75 Å². The van der Waals surface area contributed by atoms with E-state index >= 15 is 0 Å². The Kier molecular flexibility index (Phi) is 6.63. The van der Waals surface area contributed by atoms with Gasteiger partial charge in [-0.15, -0.1) is 0 Å². The predicted octanol–water partition coefficient (Wildman–Crippen LogP) is 4.71. The lowest BCUT2D eigenvalue weighted by Crippen LogP contribution is -2.10. The van der Waals surface area contributed by atoms with Crippen molar-refractivity contribution in [1.82, 2.24) is 0 Å². The van der Waals surface area contributed by atoms with E-state index < -0.39 is 0 Å². The molecule has 1 atom stereocenters. The fourth-order valence-electron chi connectivity index (χ4n) is 1.74. The van der Waals surface area contributed by atoms with Gasteiger partial charge in [-0.3, -0.25) is 0 Å². The Morgan fingerprint density at radius 2 is 2.00 bits per heavy atom. The van der Waals surface area contributed by atoms with Gasteiger partial charge in [0.15, 0.2) is 0 Å². The smallest absolute Gasteiger partial charge is 0.121 e. The maximum atomic E-state index is 5.81. The number of anilines is 1. The summed E-state index contributed by atoms with van der Waals surface area (Å²) in [5, 5.41) is 3.45. The molecule has 0 bridgehead atoms. The summed E-state index contributed by atoms with van der Waals surface area (Å²) in [6.45, 7) is 9.80. The molecule has 2 nitrogen and oxygen atoms in total. The zero-order chi connectivity index (χ0) is 13.4. The molecule has 1 unspecified atom stereocenters. The average Bonchev–Trinajstić information content (AvgIpc) is 2.35. The summed E-state index contributed by atoms with van der Waals surface area (Å²) < 4.78 is 5.81. The average molecular weight is 249 g/mol. The third kappa shape index (κ3) is 5.95. The Morgan fingerprint density at radius 3 is 2.67 bits per heavy atom. The van der Waals surface area contributed by atoms with Gasteiger partial charge < -0.3 is 10.1 Å². The fourth-order valence-corrected chi connectivity index (χ4v) is 1.74. The van der Waals surface area contributed by atoms with Crippen LogP contribution in [-0.2, 0) is 0 Å². The van der Waals surface area contributed by atoms with Crippen molar-refractivity contribution in [1.29, 1.82) is 0 Å². The highest BCUT2D eigenvalue weighted by molar-refractivity contribution is 5.48. The van der Waals surface area contributed by atoms with E-state index in [1.807, 2.05) is 12.1 Å². The van der Waals surface area contributed by atoms with Crippen LogP contribution in [-0.4, -0.2) is 12.6 Å². The van der Waals surface area contributed by atoms with Crippen LogP contribution in [0.4, 0.5) is 5.69 Å². The van der Waals surface area contributed by atoms with Gasteiger partial charge in [-0.05, 0) is 44.2 Å². The van der Waals surface area contributed by atoms with Gasteiger partial charge in [-0.25, -0.2) is 0 Å². The second kappa shape index (κ2) is 8.02. The summed E-state index contributed by atoms with van der Waals surface area (Å²) in [4.78, 5) is 0. The molecule has 1 rings (SSSR count). The molecule has 1 aromatic rings. The highest BCUT2D eigenvalue weighted by Gasteiger charge is 2.01. The molecule has 0 amide bonds. The van der Waals surface area contributed by atoms with Crippen molar-refractivity contribution in [3.05, 3.63) is 24.3 Å². The summed E-state index contributed by atoms with van der Waals surface area (Å²) in [6, 6.07) is 8.24. The summed E-state index contributed by atoms with van der Waals surface area (Å²) in [7, 11) is 0. The minimum Gasteiger partial charge on any atom is -0.491 e. The summed E-state index contributed by atoms with van der Waals surface area (Å²) >= 11 is 0. The van der Waals surface area contributed by atoms with Crippen LogP contribution in [0.3, 0.4) is 0 Å². The monoisotopic (exact) mass is 249 g/mol. The van der Waals surface area contributed by atoms with Gasteiger partial charge in [0.25, 0.3) is 0 Å². The SMILES string of the molecule is CCC(C)Oc1cccc(NCCCC(C)C)c1. The quantitative estimate of drug-likeness (QED) is 0.674. The van der Waals surface area contributed by atoms with Crippen LogP contribution in [0.15, 0.2) is 24.3 Å². The maximum Gasteiger partial charge on any atom is 0.121 e. The number of ether oxygens (including phenoxy) is 1. The summed E-state index contributed by atoms with van der Waals surface area (Å²) in [5.74, 6) is 1.74. The highest BCUT2D eigenvalue weighted by Crippen LogP contribution is 2.19. The van der Waals surface area contributed by atoms with Crippen molar-refractivity contribution in [2.75, 3.05) is 11.9 Å². The first-order valence-corrected chi connectivity index (χ1v) is 7.12. The first kappa shape index (κ1) is 14.9. The van der Waals surface area contributed by atoms with Crippen molar-refractivity contribution in [3.8, 4) is 5.75 Å². The predicted molar refractivity (Wildman–Crippen MR) is 79.4 cm³/mol. The zero-order valence-corrected chi connectivity index (χ0v) is 12.2. The molecule has 0 saturated heterocycles. The van der Waals surface area contributed by atoms with E-state index in [0.717, 1.165) is 30.3 Å². The number of rotatable bonds is 8. The molecule has 0 radical (unpaired) electrons. The van der Waals surface area contributed by atoms with Crippen LogP contribution in [0.2, 0.25) is 0 Å². The molecular formula is C16H27NO. The van der Waals surface area contributed by atoms with Crippen LogP contribution < -0.4 is 10.1 Å². The minimum absolute atomic E-state index is 0.279. The lowest BCUT2D eigenvalue weighted by molar-refractivity contribution is 0.217. The number of hydrogen-bond acceptors (Lipinski definition) is 2. The van der Waals surface area contributed by atoms with Crippen LogP contribution in [0.25, 0.3) is 0 Å². The maximum absolute atomic E-state index is 5.81. The number of nitrogens with one attached hydrogen (secondary N) is 1. The molecule has 0 aliphatic rings. The van der Waals surface area contributed by atoms with Crippen molar-refractivity contribution in [2.24, 2.45) is 5.92 Å². The third-order valence-electron chi connectivity index (χ3n) is 3.03. The molecule has 2 heteroatoms. The Hall–Kier alpha value is -1.18. The molecule has 18 heavy (non-hydrogen) atoms. The summed E-state index contributed by atoms with van der Waals surface area (Å²) in [5.41, 5.74) is 1.15. The zero-order valence-electron chi connectivity index (χ0n) is 12.2. The number of benzene rings is 1. The van der Waals surface area contributed by atoms with Gasteiger partial charge in [0.1, 0.15) is 5.75 Å². The van der Waals surface area contributed by atoms with Crippen molar-refractivity contribution >= 4 is 5.69 Å². The van der Waals surface area contributed by atoms with Crippen molar-refractivity contribution in [2.45, 2.75) is 53.1 Å². The fraction of sp³-hybridized carbons (Fsp3) is 0.625. The minimum atomic E-state index is 0.279. The van der Waals surface area contributed by atoms with Gasteiger partial charge in [-0.1, -0.05) is 26.8 Å². The molecule has 0 fully saturated rings. The molecule has 1 N–H and O–H groups in total. The van der Waals surface area contributed by atoms with E-state index in [-0.39, 0.29) is 6.10 Å². The Morgan fingerprint density at radius 1 is 1.22 bits per heavy atom. The van der Waals surface area contributed by atoms with Gasteiger partial charge in [-0.2, -0.15) is 0 Å². The molecule has 0 spiro atoms. The molecule has 102 valence electrons. The normalized spacial score (nSPS) is 12.5. The third-order valence-corrected chi connectivity index (χ3v) is 3.03. The molecule has 0 aliphatic heterocycles. The van der Waals surface area contributed by atoms with Gasteiger partial charge >= 0.3 is 0 Å². The van der Waals surface area contributed by atoms with E-state index in [1.165, 1.54) is 12.8 Å². The first-order chi connectivity index (χ1) is 8.61. The molecule has 1 aromatic carbocycles. The lowest BCUT2D eigenvalue weighted by Gasteiger charge is -2.14. The van der Waals surface area contributed by atoms with Crippen LogP contribution in [0.1, 0.15) is 47.0 Å². The highest BCUT2D eigenvalue weighted by atomic mass is 16.5. The van der Waals surface area contributed by atoms with E-state index in [1.54, 1.807) is 0 Å². The van der Waals surface area contributed by atoms with E-state index in [2.05, 4.69) is 45.1 Å². The van der Waals surface area contributed by atoms with Crippen LogP contribution >= 0.6 is 0 Å².